The van der Waals surface area contributed by atoms with Crippen LogP contribution in [-0.2, 0) is 10.1 Å². The summed E-state index contributed by atoms with van der Waals surface area (Å²) in [5.41, 5.74) is 3.67. The Bertz CT molecular complexity index is 1100. The Hall–Kier alpha value is -3.72. The van der Waals surface area contributed by atoms with Gasteiger partial charge in [-0.25, -0.2) is 0 Å². The van der Waals surface area contributed by atoms with Gasteiger partial charge in [0.25, 0.3) is 5.69 Å². The third-order valence-electron chi connectivity index (χ3n) is 3.63. The van der Waals surface area contributed by atoms with Gasteiger partial charge in [0, 0.05) is 17.7 Å². The molecule has 0 fully saturated rings. The third kappa shape index (κ3) is 4.71. The largest absolute Gasteiger partial charge is 0.378 e. The van der Waals surface area contributed by atoms with E-state index in [2.05, 4.69) is 10.5 Å². The smallest absolute Gasteiger partial charge is 0.339 e. The normalized spacial score (nSPS) is 11.3. The lowest BCUT2D eigenvalue weighted by atomic mass is 10.2. The number of hydrogen-bond acceptors (Lipinski definition) is 7. The molecule has 0 saturated carbocycles. The van der Waals surface area contributed by atoms with E-state index >= 15 is 0 Å². The summed E-state index contributed by atoms with van der Waals surface area (Å²) in [6.07, 6.45) is 1.40. The van der Waals surface area contributed by atoms with E-state index in [1.54, 1.807) is 36.4 Å². The summed E-state index contributed by atoms with van der Waals surface area (Å²) in [6, 6.07) is 20.1. The van der Waals surface area contributed by atoms with Crippen molar-refractivity contribution in [1.82, 2.24) is 0 Å². The Labute approximate surface area is 161 Å². The number of nitrogens with one attached hydrogen (secondary N) is 1. The van der Waals surface area contributed by atoms with Crippen LogP contribution in [0.3, 0.4) is 0 Å². The highest BCUT2D eigenvalue weighted by Gasteiger charge is 2.17. The molecule has 0 heterocycles. The average molecular weight is 397 g/mol. The molecule has 0 unspecified atom stereocenters. The summed E-state index contributed by atoms with van der Waals surface area (Å²) in [7, 11) is -3.97. The summed E-state index contributed by atoms with van der Waals surface area (Å²) in [5, 5.41) is 14.7. The maximum Gasteiger partial charge on any atom is 0.339 e. The molecule has 3 rings (SSSR count). The molecule has 0 aliphatic heterocycles. The van der Waals surface area contributed by atoms with E-state index in [9.17, 15) is 18.5 Å². The Morgan fingerprint density at radius 2 is 1.57 bits per heavy atom. The molecule has 9 heteroatoms. The first-order valence-corrected chi connectivity index (χ1v) is 9.49. The van der Waals surface area contributed by atoms with Crippen molar-refractivity contribution >= 4 is 27.7 Å². The van der Waals surface area contributed by atoms with Crippen molar-refractivity contribution in [3.05, 3.63) is 94.5 Å². The summed E-state index contributed by atoms with van der Waals surface area (Å²) >= 11 is 0. The number of anilines is 1. The molecule has 3 aromatic rings. The molecular weight excluding hydrogens is 382 g/mol. The minimum absolute atomic E-state index is 0.0283. The van der Waals surface area contributed by atoms with E-state index in [1.807, 2.05) is 0 Å². The molecule has 0 atom stereocenters. The Balaban J connectivity index is 1.75. The predicted molar refractivity (Wildman–Crippen MR) is 105 cm³/mol. The molecule has 28 heavy (non-hydrogen) atoms. The van der Waals surface area contributed by atoms with Gasteiger partial charge in [-0.2, -0.15) is 13.5 Å². The van der Waals surface area contributed by atoms with Crippen molar-refractivity contribution in [3.8, 4) is 5.75 Å². The molecule has 142 valence electrons. The predicted octanol–water partition coefficient (Wildman–Crippen LogP) is 3.81. The van der Waals surface area contributed by atoms with Crippen LogP contribution >= 0.6 is 0 Å². The van der Waals surface area contributed by atoms with E-state index in [-0.39, 0.29) is 16.3 Å². The third-order valence-corrected chi connectivity index (χ3v) is 4.87. The van der Waals surface area contributed by atoms with E-state index in [4.69, 9.17) is 4.18 Å². The topological polar surface area (TPSA) is 111 Å². The first kappa shape index (κ1) is 19.1. The first-order chi connectivity index (χ1) is 13.5. The summed E-state index contributed by atoms with van der Waals surface area (Å²) in [4.78, 5) is 10.2. The number of nitro benzene ring substituents is 1. The van der Waals surface area contributed by atoms with Gasteiger partial charge in [-0.15, -0.1) is 0 Å². The van der Waals surface area contributed by atoms with Gasteiger partial charge in [0.05, 0.1) is 16.8 Å². The Morgan fingerprint density at radius 3 is 2.25 bits per heavy atom. The summed E-state index contributed by atoms with van der Waals surface area (Å²) < 4.78 is 30.0. The molecule has 0 aromatic heterocycles. The molecule has 0 aliphatic carbocycles. The van der Waals surface area contributed by atoms with Gasteiger partial charge < -0.3 is 4.18 Å². The van der Waals surface area contributed by atoms with Gasteiger partial charge in [0.15, 0.2) is 5.75 Å². The number of non-ortho nitro benzene ring substituents is 1. The van der Waals surface area contributed by atoms with Crippen LogP contribution in [0.5, 0.6) is 5.75 Å². The minimum Gasteiger partial charge on any atom is -0.378 e. The fraction of sp³-hybridized carbons (Fsp3) is 0. The van der Waals surface area contributed by atoms with Crippen molar-refractivity contribution in [2.24, 2.45) is 5.10 Å². The van der Waals surface area contributed by atoms with Gasteiger partial charge in [0.1, 0.15) is 4.90 Å². The van der Waals surface area contributed by atoms with Crippen molar-refractivity contribution in [1.29, 1.82) is 0 Å². The number of hydrogen-bond donors (Lipinski definition) is 1. The molecule has 0 amide bonds. The molecule has 0 saturated heterocycles. The lowest BCUT2D eigenvalue weighted by Crippen LogP contribution is -2.10. The number of nitrogens with zero attached hydrogens (tertiary/aromatic N) is 2. The lowest BCUT2D eigenvalue weighted by Gasteiger charge is -2.09. The molecule has 3 aromatic carbocycles. The molecule has 8 nitrogen and oxygen atoms in total. The first-order valence-electron chi connectivity index (χ1n) is 8.08. The van der Waals surface area contributed by atoms with E-state index < -0.39 is 15.0 Å². The van der Waals surface area contributed by atoms with Crippen LogP contribution < -0.4 is 9.61 Å². The molecule has 0 bridgehead atoms. The second kappa shape index (κ2) is 8.31. The molecular formula is C19H15N3O5S. The zero-order chi connectivity index (χ0) is 20.0. The number of nitro groups is 1. The monoisotopic (exact) mass is 397 g/mol. The van der Waals surface area contributed by atoms with E-state index in [1.165, 1.54) is 48.7 Å². The number of benzene rings is 3. The van der Waals surface area contributed by atoms with Crippen molar-refractivity contribution in [2.45, 2.75) is 4.90 Å². The maximum atomic E-state index is 12.4. The van der Waals surface area contributed by atoms with Crippen LogP contribution in [0.15, 0.2) is 88.9 Å². The molecule has 0 aliphatic rings. The van der Waals surface area contributed by atoms with Crippen LogP contribution in [-0.4, -0.2) is 19.6 Å². The SMILES string of the molecule is O=[N+]([O-])c1ccc(NN=Cc2ccccc2OS(=O)(=O)c2ccccc2)cc1. The highest BCUT2D eigenvalue weighted by atomic mass is 32.2. The fourth-order valence-corrected chi connectivity index (χ4v) is 3.23. The van der Waals surface area contributed by atoms with Gasteiger partial charge in [0.2, 0.25) is 0 Å². The number of hydrazone groups is 1. The average Bonchev–Trinajstić information content (AvgIpc) is 2.70. The van der Waals surface area contributed by atoms with Gasteiger partial charge in [-0.05, 0) is 36.4 Å². The van der Waals surface area contributed by atoms with Gasteiger partial charge in [-0.3, -0.25) is 15.5 Å². The molecule has 0 spiro atoms. The lowest BCUT2D eigenvalue weighted by molar-refractivity contribution is -0.384. The van der Waals surface area contributed by atoms with Gasteiger partial charge >= 0.3 is 10.1 Å². The fourth-order valence-electron chi connectivity index (χ4n) is 2.25. The standard InChI is InChI=1S/C19H15N3O5S/c23-22(24)17-12-10-16(11-13-17)21-20-14-15-6-4-5-9-19(15)27-28(25,26)18-7-2-1-3-8-18/h1-14,21H. The van der Waals surface area contributed by atoms with Crippen molar-refractivity contribution < 1.29 is 17.5 Å². The van der Waals surface area contributed by atoms with Crippen LogP contribution in [0.2, 0.25) is 0 Å². The number of para-hydroxylation sites is 1. The molecule has 0 radical (unpaired) electrons. The Kier molecular flexibility index (Phi) is 5.66. The minimum atomic E-state index is -3.97. The second-order valence-electron chi connectivity index (χ2n) is 5.56. The maximum absolute atomic E-state index is 12.4. The van der Waals surface area contributed by atoms with Gasteiger partial charge in [-0.1, -0.05) is 30.3 Å². The zero-order valence-corrected chi connectivity index (χ0v) is 15.2. The van der Waals surface area contributed by atoms with Crippen LogP contribution in [0.1, 0.15) is 5.56 Å². The highest BCUT2D eigenvalue weighted by molar-refractivity contribution is 7.87. The summed E-state index contributed by atoms with van der Waals surface area (Å²) in [6.45, 7) is 0. The highest BCUT2D eigenvalue weighted by Crippen LogP contribution is 2.22. The quantitative estimate of drug-likeness (QED) is 0.281. The molecule has 1 N–H and O–H groups in total. The Morgan fingerprint density at radius 1 is 0.929 bits per heavy atom. The van der Waals surface area contributed by atoms with E-state index in [0.29, 0.717) is 11.3 Å². The number of rotatable bonds is 7. The van der Waals surface area contributed by atoms with Crippen molar-refractivity contribution in [2.75, 3.05) is 5.43 Å². The summed E-state index contributed by atoms with van der Waals surface area (Å²) in [5.74, 6) is 0.126. The van der Waals surface area contributed by atoms with Crippen LogP contribution in [0.4, 0.5) is 11.4 Å². The van der Waals surface area contributed by atoms with Crippen LogP contribution in [0.25, 0.3) is 0 Å². The zero-order valence-electron chi connectivity index (χ0n) is 14.4. The van der Waals surface area contributed by atoms with E-state index in [0.717, 1.165) is 0 Å². The second-order valence-corrected chi connectivity index (χ2v) is 7.11. The van der Waals surface area contributed by atoms with Crippen molar-refractivity contribution in [3.63, 3.8) is 0 Å². The van der Waals surface area contributed by atoms with Crippen LogP contribution in [0, 0.1) is 10.1 Å².